The van der Waals surface area contributed by atoms with E-state index in [9.17, 15) is 0 Å². The highest BCUT2D eigenvalue weighted by Gasteiger charge is 2.02. The molecule has 4 heteroatoms. The summed E-state index contributed by atoms with van der Waals surface area (Å²) in [5, 5.41) is 0. The third-order valence-electron chi connectivity index (χ3n) is 2.44. The molecule has 0 saturated heterocycles. The largest absolute Gasteiger partial charge is 0.342 e. The predicted octanol–water partition coefficient (Wildman–Crippen LogP) is 3.97. The number of rotatable bonds is 5. The lowest BCUT2D eigenvalue weighted by Crippen LogP contribution is -1.88. The van der Waals surface area contributed by atoms with Gasteiger partial charge in [0.2, 0.25) is 0 Å². The highest BCUT2D eigenvalue weighted by molar-refractivity contribution is 7.99. The number of aromatic nitrogens is 2. The molecule has 1 heterocycles. The normalized spacial score (nSPS) is 10.7. The molecule has 0 amide bonds. The van der Waals surface area contributed by atoms with Gasteiger partial charge < -0.3 is 4.98 Å². The Labute approximate surface area is 111 Å². The number of nitrogens with one attached hydrogen (secondary N) is 1. The second kappa shape index (κ2) is 6.12. The second-order valence-electron chi connectivity index (χ2n) is 3.64. The Bertz CT molecular complexity index is 465. The molecule has 2 rings (SSSR count). The molecule has 0 atom stereocenters. The molecule has 0 bridgehead atoms. The summed E-state index contributed by atoms with van der Waals surface area (Å²) in [7, 11) is 0. The average molecular weight is 267 g/mol. The first kappa shape index (κ1) is 12.5. The smallest absolute Gasteiger partial charge is 0.107 e. The summed E-state index contributed by atoms with van der Waals surface area (Å²) >= 11 is 7.53. The van der Waals surface area contributed by atoms with Gasteiger partial charge in [-0.05, 0) is 23.4 Å². The summed E-state index contributed by atoms with van der Waals surface area (Å²) in [5.74, 6) is 2.64. The number of benzene rings is 1. The topological polar surface area (TPSA) is 28.7 Å². The number of halogens is 1. The van der Waals surface area contributed by atoms with Gasteiger partial charge in [0.05, 0.1) is 11.9 Å². The summed E-state index contributed by atoms with van der Waals surface area (Å²) in [6, 6.07) is 8.53. The first-order valence-electron chi connectivity index (χ1n) is 5.66. The molecule has 1 aromatic heterocycles. The number of nitrogens with zero attached hydrogens (tertiary/aromatic N) is 1. The van der Waals surface area contributed by atoms with E-state index in [0.29, 0.717) is 5.88 Å². The van der Waals surface area contributed by atoms with Gasteiger partial charge >= 0.3 is 0 Å². The van der Waals surface area contributed by atoms with Crippen LogP contribution in [0.2, 0.25) is 0 Å². The Morgan fingerprint density at radius 3 is 2.71 bits per heavy atom. The van der Waals surface area contributed by atoms with Crippen LogP contribution < -0.4 is 0 Å². The Balaban J connectivity index is 2.15. The minimum atomic E-state index is 0.596. The van der Waals surface area contributed by atoms with Crippen molar-refractivity contribution in [1.29, 1.82) is 0 Å². The fraction of sp³-hybridized carbons (Fsp3) is 0.308. The number of imidazole rings is 1. The summed E-state index contributed by atoms with van der Waals surface area (Å²) in [4.78, 5) is 8.88. The summed E-state index contributed by atoms with van der Waals surface area (Å²) in [5.41, 5.74) is 2.22. The van der Waals surface area contributed by atoms with Gasteiger partial charge in [-0.15, -0.1) is 23.4 Å². The summed E-state index contributed by atoms with van der Waals surface area (Å²) in [6.45, 7) is 2.16. The van der Waals surface area contributed by atoms with Crippen molar-refractivity contribution in [1.82, 2.24) is 9.97 Å². The maximum absolute atomic E-state index is 5.68. The average Bonchev–Trinajstić information content (AvgIpc) is 2.80. The van der Waals surface area contributed by atoms with Crippen LogP contribution in [-0.4, -0.2) is 21.6 Å². The number of hydrogen-bond donors (Lipinski definition) is 1. The number of hydrogen-bond acceptors (Lipinski definition) is 2. The van der Waals surface area contributed by atoms with Crippen LogP contribution in [0.25, 0.3) is 11.3 Å². The molecule has 0 aliphatic carbocycles. The minimum Gasteiger partial charge on any atom is -0.342 e. The Morgan fingerprint density at radius 2 is 2.06 bits per heavy atom. The first-order valence-corrected chi connectivity index (χ1v) is 7.18. The highest BCUT2D eigenvalue weighted by Crippen LogP contribution is 2.22. The molecule has 90 valence electrons. The summed E-state index contributed by atoms with van der Waals surface area (Å²) < 4.78 is 0. The molecule has 2 nitrogen and oxygen atoms in total. The number of alkyl halides is 1. The van der Waals surface area contributed by atoms with Gasteiger partial charge in [-0.25, -0.2) is 4.98 Å². The van der Waals surface area contributed by atoms with E-state index < -0.39 is 0 Å². The monoisotopic (exact) mass is 266 g/mol. The third-order valence-corrected chi connectivity index (χ3v) is 3.52. The molecule has 1 N–H and O–H groups in total. The van der Waals surface area contributed by atoms with E-state index in [4.69, 9.17) is 11.6 Å². The van der Waals surface area contributed by atoms with Crippen LogP contribution in [0.3, 0.4) is 0 Å². The Morgan fingerprint density at radius 1 is 1.29 bits per heavy atom. The van der Waals surface area contributed by atoms with E-state index in [0.717, 1.165) is 23.7 Å². The van der Waals surface area contributed by atoms with Crippen molar-refractivity contribution in [3.05, 3.63) is 36.3 Å². The van der Waals surface area contributed by atoms with Crippen molar-refractivity contribution >= 4 is 23.4 Å². The molecular formula is C13H15ClN2S. The van der Waals surface area contributed by atoms with Crippen molar-refractivity contribution in [3.8, 4) is 11.3 Å². The number of aryl methyl sites for hydroxylation is 1. The van der Waals surface area contributed by atoms with Crippen LogP contribution in [0.4, 0.5) is 0 Å². The molecule has 0 saturated carbocycles. The van der Waals surface area contributed by atoms with E-state index >= 15 is 0 Å². The number of H-pyrrole nitrogens is 1. The predicted molar refractivity (Wildman–Crippen MR) is 74.8 cm³/mol. The standard InChI is InChI=1S/C13H15ClN2S/c1-2-17-11-5-3-10(4-6-11)12-9-15-13(16-12)7-8-14/h3-6,9H,2,7-8H2,1H3,(H,15,16). The molecule has 1 aromatic carbocycles. The van der Waals surface area contributed by atoms with Gasteiger partial charge in [0.15, 0.2) is 0 Å². The number of thioether (sulfide) groups is 1. The van der Waals surface area contributed by atoms with Crippen LogP contribution in [0.1, 0.15) is 12.7 Å². The van der Waals surface area contributed by atoms with Crippen LogP contribution in [-0.2, 0) is 6.42 Å². The lowest BCUT2D eigenvalue weighted by molar-refractivity contribution is 0.997. The Kier molecular flexibility index (Phi) is 4.51. The maximum Gasteiger partial charge on any atom is 0.107 e. The zero-order chi connectivity index (χ0) is 12.1. The Hall–Kier alpha value is -0.930. The van der Waals surface area contributed by atoms with E-state index in [1.807, 2.05) is 18.0 Å². The third kappa shape index (κ3) is 3.27. The van der Waals surface area contributed by atoms with Crippen molar-refractivity contribution in [2.24, 2.45) is 0 Å². The zero-order valence-electron chi connectivity index (χ0n) is 9.74. The van der Waals surface area contributed by atoms with E-state index in [2.05, 4.69) is 41.2 Å². The second-order valence-corrected chi connectivity index (χ2v) is 5.36. The lowest BCUT2D eigenvalue weighted by atomic mass is 10.2. The summed E-state index contributed by atoms with van der Waals surface area (Å²) in [6.07, 6.45) is 2.65. The maximum atomic E-state index is 5.68. The molecule has 2 aromatic rings. The molecule has 0 radical (unpaired) electrons. The fourth-order valence-electron chi connectivity index (χ4n) is 1.62. The van der Waals surface area contributed by atoms with Gasteiger partial charge in [-0.1, -0.05) is 19.1 Å². The molecule has 0 aliphatic heterocycles. The van der Waals surface area contributed by atoms with Crippen LogP contribution >= 0.6 is 23.4 Å². The first-order chi connectivity index (χ1) is 8.33. The molecule has 0 spiro atoms. The van der Waals surface area contributed by atoms with Crippen LogP contribution in [0.5, 0.6) is 0 Å². The molecule has 0 unspecified atom stereocenters. The van der Waals surface area contributed by atoms with E-state index in [1.54, 1.807) is 0 Å². The minimum absolute atomic E-state index is 0.596. The van der Waals surface area contributed by atoms with Crippen molar-refractivity contribution in [2.75, 3.05) is 11.6 Å². The van der Waals surface area contributed by atoms with E-state index in [-0.39, 0.29) is 0 Å². The van der Waals surface area contributed by atoms with E-state index in [1.165, 1.54) is 10.5 Å². The van der Waals surface area contributed by atoms with Crippen molar-refractivity contribution < 1.29 is 0 Å². The molecule has 0 aliphatic rings. The fourth-order valence-corrected chi connectivity index (χ4v) is 2.46. The zero-order valence-corrected chi connectivity index (χ0v) is 11.3. The van der Waals surface area contributed by atoms with Crippen LogP contribution in [0, 0.1) is 0 Å². The molecule has 17 heavy (non-hydrogen) atoms. The van der Waals surface area contributed by atoms with Gasteiger partial charge in [-0.3, -0.25) is 0 Å². The van der Waals surface area contributed by atoms with Gasteiger partial charge in [0, 0.05) is 17.2 Å². The highest BCUT2D eigenvalue weighted by atomic mass is 35.5. The SMILES string of the molecule is CCSc1ccc(-c2cnc(CCCl)[nH]2)cc1. The van der Waals surface area contributed by atoms with Gasteiger partial charge in [-0.2, -0.15) is 0 Å². The number of aromatic amines is 1. The quantitative estimate of drug-likeness (QED) is 0.655. The lowest BCUT2D eigenvalue weighted by Gasteiger charge is -2.00. The van der Waals surface area contributed by atoms with Crippen molar-refractivity contribution in [3.63, 3.8) is 0 Å². The molecular weight excluding hydrogens is 252 g/mol. The van der Waals surface area contributed by atoms with Gasteiger partial charge in [0.25, 0.3) is 0 Å². The van der Waals surface area contributed by atoms with Gasteiger partial charge in [0.1, 0.15) is 5.82 Å². The molecule has 0 fully saturated rings. The van der Waals surface area contributed by atoms with Crippen LogP contribution in [0.15, 0.2) is 35.4 Å². The van der Waals surface area contributed by atoms with Crippen molar-refractivity contribution in [2.45, 2.75) is 18.2 Å².